The van der Waals surface area contributed by atoms with E-state index in [1.807, 2.05) is 26.0 Å². The van der Waals surface area contributed by atoms with Gasteiger partial charge < -0.3 is 4.42 Å². The normalized spacial score (nSPS) is 10.7. The monoisotopic (exact) mass is 240 g/mol. The Balaban J connectivity index is 2.63. The highest BCUT2D eigenvalue weighted by molar-refractivity contribution is 6.39. The van der Waals surface area contributed by atoms with Crippen LogP contribution in [0, 0.1) is 13.8 Å². The van der Waals surface area contributed by atoms with Crippen LogP contribution in [0.25, 0.3) is 11.3 Å². The maximum atomic E-state index is 6.08. The zero-order chi connectivity index (χ0) is 11.0. The van der Waals surface area contributed by atoms with Crippen molar-refractivity contribution in [3.63, 3.8) is 0 Å². The maximum Gasteiger partial charge on any atom is 0.137 e. The summed E-state index contributed by atoms with van der Waals surface area (Å²) in [6.45, 7) is 3.91. The minimum absolute atomic E-state index is 0.608. The smallest absolute Gasteiger partial charge is 0.137 e. The first-order chi connectivity index (χ1) is 7.09. The standard InChI is InChI=1S/C12H10Cl2O/c1-7-6-11(15-8(7)2)12-9(13)4-3-5-10(12)14/h3-6H,1-2H3. The molecule has 2 aromatic rings. The van der Waals surface area contributed by atoms with Gasteiger partial charge in [0.1, 0.15) is 11.5 Å². The van der Waals surface area contributed by atoms with Gasteiger partial charge in [0.25, 0.3) is 0 Å². The van der Waals surface area contributed by atoms with E-state index in [0.717, 1.165) is 22.6 Å². The number of halogens is 2. The van der Waals surface area contributed by atoms with Crippen molar-refractivity contribution in [3.8, 4) is 11.3 Å². The second kappa shape index (κ2) is 3.92. The van der Waals surface area contributed by atoms with E-state index in [1.165, 1.54) is 0 Å². The first-order valence-corrected chi connectivity index (χ1v) is 5.36. The average Bonchev–Trinajstić information content (AvgIpc) is 2.46. The fraction of sp³-hybridized carbons (Fsp3) is 0.167. The molecule has 0 unspecified atom stereocenters. The number of benzene rings is 1. The lowest BCUT2D eigenvalue weighted by atomic mass is 10.1. The molecule has 1 aromatic heterocycles. The van der Waals surface area contributed by atoms with Crippen molar-refractivity contribution < 1.29 is 4.42 Å². The van der Waals surface area contributed by atoms with E-state index in [2.05, 4.69) is 0 Å². The molecule has 78 valence electrons. The quantitative estimate of drug-likeness (QED) is 0.694. The van der Waals surface area contributed by atoms with E-state index in [0.29, 0.717) is 10.0 Å². The van der Waals surface area contributed by atoms with Gasteiger partial charge in [-0.3, -0.25) is 0 Å². The van der Waals surface area contributed by atoms with Gasteiger partial charge in [0.05, 0.1) is 15.6 Å². The summed E-state index contributed by atoms with van der Waals surface area (Å²) in [7, 11) is 0. The molecule has 0 bridgehead atoms. The van der Waals surface area contributed by atoms with Gasteiger partial charge in [-0.25, -0.2) is 0 Å². The molecule has 0 aliphatic rings. The highest BCUT2D eigenvalue weighted by Gasteiger charge is 2.12. The van der Waals surface area contributed by atoms with Crippen molar-refractivity contribution >= 4 is 23.2 Å². The third kappa shape index (κ3) is 1.90. The largest absolute Gasteiger partial charge is 0.461 e. The van der Waals surface area contributed by atoms with Crippen molar-refractivity contribution in [1.29, 1.82) is 0 Å². The minimum atomic E-state index is 0.608. The van der Waals surface area contributed by atoms with Crippen LogP contribution < -0.4 is 0 Å². The third-order valence-electron chi connectivity index (χ3n) is 2.38. The Morgan fingerprint density at radius 2 is 1.67 bits per heavy atom. The van der Waals surface area contributed by atoms with Crippen LogP contribution in [0.4, 0.5) is 0 Å². The molecule has 0 aliphatic heterocycles. The minimum Gasteiger partial charge on any atom is -0.461 e. The summed E-state index contributed by atoms with van der Waals surface area (Å²) in [6, 6.07) is 7.37. The summed E-state index contributed by atoms with van der Waals surface area (Å²) >= 11 is 12.2. The van der Waals surface area contributed by atoms with Crippen molar-refractivity contribution in [2.24, 2.45) is 0 Å². The van der Waals surface area contributed by atoms with Crippen LogP contribution in [0.15, 0.2) is 28.7 Å². The van der Waals surface area contributed by atoms with Gasteiger partial charge >= 0.3 is 0 Å². The molecule has 15 heavy (non-hydrogen) atoms. The highest BCUT2D eigenvalue weighted by Crippen LogP contribution is 2.36. The Morgan fingerprint density at radius 1 is 1.07 bits per heavy atom. The third-order valence-corrected chi connectivity index (χ3v) is 3.01. The summed E-state index contributed by atoms with van der Waals surface area (Å²) in [5.74, 6) is 1.61. The molecule has 1 nitrogen and oxygen atoms in total. The molecule has 3 heteroatoms. The molecule has 1 aromatic carbocycles. The molecule has 0 N–H and O–H groups in total. The van der Waals surface area contributed by atoms with Crippen molar-refractivity contribution in [1.82, 2.24) is 0 Å². The second-order valence-electron chi connectivity index (χ2n) is 3.45. The second-order valence-corrected chi connectivity index (χ2v) is 4.26. The molecule has 0 fully saturated rings. The molecule has 0 spiro atoms. The van der Waals surface area contributed by atoms with E-state index in [4.69, 9.17) is 27.6 Å². The van der Waals surface area contributed by atoms with Crippen LogP contribution in [0.3, 0.4) is 0 Å². The number of rotatable bonds is 1. The van der Waals surface area contributed by atoms with Crippen LogP contribution in [0.5, 0.6) is 0 Å². The summed E-state index contributed by atoms with van der Waals surface area (Å²) in [5.41, 5.74) is 1.86. The molecular weight excluding hydrogens is 231 g/mol. The molecular formula is C12H10Cl2O. The predicted molar refractivity (Wildman–Crippen MR) is 63.6 cm³/mol. The van der Waals surface area contributed by atoms with Gasteiger partial charge in [-0.05, 0) is 37.6 Å². The van der Waals surface area contributed by atoms with Crippen molar-refractivity contribution in [2.75, 3.05) is 0 Å². The lowest BCUT2D eigenvalue weighted by Gasteiger charge is -2.02. The number of hydrogen-bond acceptors (Lipinski definition) is 1. The topological polar surface area (TPSA) is 13.1 Å². The SMILES string of the molecule is Cc1cc(-c2c(Cl)cccc2Cl)oc1C. The Bertz CT molecular complexity index is 461. The molecule has 0 atom stereocenters. The van der Waals surface area contributed by atoms with Gasteiger partial charge in [0.2, 0.25) is 0 Å². The van der Waals surface area contributed by atoms with Crippen LogP contribution in [-0.2, 0) is 0 Å². The van der Waals surface area contributed by atoms with E-state index >= 15 is 0 Å². The van der Waals surface area contributed by atoms with E-state index in [-0.39, 0.29) is 0 Å². The van der Waals surface area contributed by atoms with Gasteiger partial charge in [0.15, 0.2) is 0 Å². The molecule has 0 amide bonds. The number of hydrogen-bond donors (Lipinski definition) is 0. The molecule has 0 aliphatic carbocycles. The van der Waals surface area contributed by atoms with Crippen LogP contribution in [-0.4, -0.2) is 0 Å². The molecule has 0 saturated heterocycles. The highest BCUT2D eigenvalue weighted by atomic mass is 35.5. The fourth-order valence-electron chi connectivity index (χ4n) is 1.43. The Kier molecular flexibility index (Phi) is 2.76. The fourth-order valence-corrected chi connectivity index (χ4v) is 2.01. The Morgan fingerprint density at radius 3 is 2.13 bits per heavy atom. The zero-order valence-electron chi connectivity index (χ0n) is 8.47. The molecule has 0 radical (unpaired) electrons. The van der Waals surface area contributed by atoms with Gasteiger partial charge in [-0.2, -0.15) is 0 Å². The number of furan rings is 1. The van der Waals surface area contributed by atoms with E-state index in [1.54, 1.807) is 12.1 Å². The first kappa shape index (κ1) is 10.6. The van der Waals surface area contributed by atoms with Crippen LogP contribution in [0.1, 0.15) is 11.3 Å². The lowest BCUT2D eigenvalue weighted by Crippen LogP contribution is -1.77. The van der Waals surface area contributed by atoms with Gasteiger partial charge in [-0.15, -0.1) is 0 Å². The molecule has 2 rings (SSSR count). The maximum absolute atomic E-state index is 6.08. The van der Waals surface area contributed by atoms with E-state index < -0.39 is 0 Å². The van der Waals surface area contributed by atoms with Crippen LogP contribution >= 0.6 is 23.2 Å². The first-order valence-electron chi connectivity index (χ1n) is 4.61. The average molecular weight is 241 g/mol. The summed E-state index contributed by atoms with van der Waals surface area (Å²) in [5, 5.41) is 1.22. The Hall–Kier alpha value is -0.920. The predicted octanol–water partition coefficient (Wildman–Crippen LogP) is 4.87. The molecule has 0 saturated carbocycles. The van der Waals surface area contributed by atoms with Gasteiger partial charge in [0, 0.05) is 0 Å². The van der Waals surface area contributed by atoms with Crippen LogP contribution in [0.2, 0.25) is 10.0 Å². The zero-order valence-corrected chi connectivity index (χ0v) is 9.99. The summed E-state index contributed by atoms with van der Waals surface area (Å²) < 4.78 is 5.59. The lowest BCUT2D eigenvalue weighted by molar-refractivity contribution is 0.545. The van der Waals surface area contributed by atoms with E-state index in [9.17, 15) is 0 Å². The van der Waals surface area contributed by atoms with Crippen molar-refractivity contribution in [3.05, 3.63) is 45.6 Å². The Labute approximate surface area is 98.6 Å². The summed E-state index contributed by atoms with van der Waals surface area (Å²) in [6.07, 6.45) is 0. The van der Waals surface area contributed by atoms with Crippen molar-refractivity contribution in [2.45, 2.75) is 13.8 Å². The molecule has 1 heterocycles. The summed E-state index contributed by atoms with van der Waals surface area (Å²) in [4.78, 5) is 0. The van der Waals surface area contributed by atoms with Gasteiger partial charge in [-0.1, -0.05) is 29.3 Å². The number of aryl methyl sites for hydroxylation is 2.